The van der Waals surface area contributed by atoms with Gasteiger partial charge in [-0.05, 0) is 31.8 Å². The molecule has 6 heteroatoms. The van der Waals surface area contributed by atoms with Gasteiger partial charge in [-0.15, -0.1) is 11.3 Å². The first-order valence-electron chi connectivity index (χ1n) is 6.72. The number of carbonyl (C=O) groups is 1. The van der Waals surface area contributed by atoms with Crippen LogP contribution in [0.3, 0.4) is 0 Å². The zero-order chi connectivity index (χ0) is 14.2. The predicted octanol–water partition coefficient (Wildman–Crippen LogP) is 2.79. The largest absolute Gasteiger partial charge is 0.466 e. The maximum atomic E-state index is 11.3. The smallest absolute Gasteiger partial charge is 0.311 e. The summed E-state index contributed by atoms with van der Waals surface area (Å²) in [7, 11) is 0. The summed E-state index contributed by atoms with van der Waals surface area (Å²) in [4.78, 5) is 15.6. The van der Waals surface area contributed by atoms with Crippen molar-refractivity contribution in [3.05, 3.63) is 35.0 Å². The van der Waals surface area contributed by atoms with Crippen molar-refractivity contribution in [3.8, 4) is 0 Å². The summed E-state index contributed by atoms with van der Waals surface area (Å²) >= 11 is 1.46. The number of allylic oxidation sites excluding steroid dienone is 3. The van der Waals surface area contributed by atoms with E-state index in [-0.39, 0.29) is 12.4 Å². The van der Waals surface area contributed by atoms with E-state index < -0.39 is 0 Å². The molecule has 0 unspecified atom stereocenters. The van der Waals surface area contributed by atoms with Gasteiger partial charge in [0.25, 0.3) is 0 Å². The van der Waals surface area contributed by atoms with Crippen molar-refractivity contribution < 1.29 is 9.53 Å². The van der Waals surface area contributed by atoms with Crippen LogP contribution in [-0.2, 0) is 16.0 Å². The molecule has 1 aliphatic rings. The number of ether oxygens (including phenoxy) is 1. The van der Waals surface area contributed by atoms with Gasteiger partial charge in [-0.3, -0.25) is 10.2 Å². The highest BCUT2D eigenvalue weighted by molar-refractivity contribution is 7.13. The maximum Gasteiger partial charge on any atom is 0.311 e. The second-order valence-electron chi connectivity index (χ2n) is 4.41. The van der Waals surface area contributed by atoms with E-state index in [1.807, 2.05) is 11.6 Å². The highest BCUT2D eigenvalue weighted by Crippen LogP contribution is 2.17. The summed E-state index contributed by atoms with van der Waals surface area (Å²) in [5.74, 6) is -0.242. The topological polar surface area (TPSA) is 63.2 Å². The Kier molecular flexibility index (Phi) is 5.61. The average Bonchev–Trinajstić information content (AvgIpc) is 2.88. The van der Waals surface area contributed by atoms with Gasteiger partial charge in [-0.25, -0.2) is 4.98 Å². The van der Waals surface area contributed by atoms with E-state index in [0.717, 1.165) is 30.1 Å². The highest BCUT2D eigenvalue weighted by atomic mass is 32.1. The van der Waals surface area contributed by atoms with E-state index in [4.69, 9.17) is 4.74 Å². The molecule has 1 aromatic heterocycles. The van der Waals surface area contributed by atoms with Crippen molar-refractivity contribution in [1.82, 2.24) is 10.4 Å². The van der Waals surface area contributed by atoms with Crippen LogP contribution >= 0.6 is 11.3 Å². The first-order chi connectivity index (χ1) is 9.78. The SMILES string of the molecule is CCOC(=O)Cc1csc(NN/C=C2\CC=CCC2)n1. The highest BCUT2D eigenvalue weighted by Gasteiger charge is 2.08. The van der Waals surface area contributed by atoms with E-state index in [1.165, 1.54) is 16.9 Å². The summed E-state index contributed by atoms with van der Waals surface area (Å²) in [6, 6.07) is 0. The van der Waals surface area contributed by atoms with Gasteiger partial charge in [-0.2, -0.15) is 0 Å². The molecule has 0 saturated heterocycles. The lowest BCUT2D eigenvalue weighted by Crippen LogP contribution is -2.15. The molecule has 0 amide bonds. The minimum absolute atomic E-state index is 0.220. The number of hydrazine groups is 1. The van der Waals surface area contributed by atoms with Crippen LogP contribution in [0.1, 0.15) is 31.9 Å². The molecule has 2 rings (SSSR count). The Morgan fingerprint density at radius 2 is 2.45 bits per heavy atom. The molecule has 2 N–H and O–H groups in total. The van der Waals surface area contributed by atoms with Crippen molar-refractivity contribution in [2.75, 3.05) is 12.0 Å². The molecule has 0 radical (unpaired) electrons. The van der Waals surface area contributed by atoms with Crippen LogP contribution in [0.25, 0.3) is 0 Å². The van der Waals surface area contributed by atoms with Gasteiger partial charge in [0.2, 0.25) is 5.13 Å². The lowest BCUT2D eigenvalue weighted by atomic mass is 10.0. The monoisotopic (exact) mass is 293 g/mol. The Morgan fingerprint density at radius 1 is 1.55 bits per heavy atom. The Labute approximate surface area is 122 Å². The van der Waals surface area contributed by atoms with Gasteiger partial charge in [0.1, 0.15) is 0 Å². The van der Waals surface area contributed by atoms with Crippen molar-refractivity contribution >= 4 is 22.4 Å². The zero-order valence-electron chi connectivity index (χ0n) is 11.5. The van der Waals surface area contributed by atoms with Crippen LogP contribution in [0.5, 0.6) is 0 Å². The molecule has 1 heterocycles. The molecule has 0 aromatic carbocycles. The number of hydrogen-bond acceptors (Lipinski definition) is 6. The van der Waals surface area contributed by atoms with E-state index in [1.54, 1.807) is 6.92 Å². The molecule has 0 bridgehead atoms. The van der Waals surface area contributed by atoms with E-state index in [0.29, 0.717) is 6.61 Å². The third-order valence-electron chi connectivity index (χ3n) is 2.82. The third kappa shape index (κ3) is 4.70. The van der Waals surface area contributed by atoms with Crippen molar-refractivity contribution in [2.45, 2.75) is 32.6 Å². The molecule has 0 fully saturated rings. The Balaban J connectivity index is 1.78. The van der Waals surface area contributed by atoms with Crippen molar-refractivity contribution in [3.63, 3.8) is 0 Å². The minimum atomic E-state index is -0.242. The van der Waals surface area contributed by atoms with Gasteiger partial charge < -0.3 is 10.2 Å². The van der Waals surface area contributed by atoms with E-state index >= 15 is 0 Å². The predicted molar refractivity (Wildman–Crippen MR) is 80.3 cm³/mol. The molecule has 0 aliphatic heterocycles. The second kappa shape index (κ2) is 7.69. The number of rotatable bonds is 6. The average molecular weight is 293 g/mol. The first-order valence-corrected chi connectivity index (χ1v) is 7.60. The number of nitrogens with zero attached hydrogens (tertiary/aromatic N) is 1. The fourth-order valence-electron chi connectivity index (χ4n) is 1.86. The van der Waals surface area contributed by atoms with Crippen LogP contribution in [-0.4, -0.2) is 17.6 Å². The van der Waals surface area contributed by atoms with Gasteiger partial charge in [0.05, 0.1) is 18.7 Å². The molecule has 108 valence electrons. The van der Waals surface area contributed by atoms with Crippen LogP contribution in [0, 0.1) is 0 Å². The fourth-order valence-corrected chi connectivity index (χ4v) is 2.53. The number of carbonyl (C=O) groups excluding carboxylic acids is 1. The molecule has 0 saturated carbocycles. The Bertz CT molecular complexity index is 508. The normalized spacial score (nSPS) is 16.1. The van der Waals surface area contributed by atoms with E-state index in [9.17, 15) is 4.79 Å². The summed E-state index contributed by atoms with van der Waals surface area (Å²) in [6.07, 6.45) is 9.78. The lowest BCUT2D eigenvalue weighted by molar-refractivity contribution is -0.142. The number of thiazole rings is 1. The first kappa shape index (κ1) is 14.6. The van der Waals surface area contributed by atoms with Gasteiger partial charge in [0, 0.05) is 11.6 Å². The molecule has 1 aliphatic carbocycles. The Morgan fingerprint density at radius 3 is 3.20 bits per heavy atom. The number of hydrogen-bond donors (Lipinski definition) is 2. The van der Waals surface area contributed by atoms with Crippen LogP contribution in [0.2, 0.25) is 0 Å². The zero-order valence-corrected chi connectivity index (χ0v) is 12.3. The van der Waals surface area contributed by atoms with Crippen molar-refractivity contribution in [1.29, 1.82) is 0 Å². The standard InChI is InChI=1S/C14H19N3O2S/c1-2-19-13(18)8-12-10-20-14(16-12)17-15-9-11-6-4-3-5-7-11/h3-4,9-10,15H,2,5-8H2,1H3,(H,16,17)/b11-9+. The summed E-state index contributed by atoms with van der Waals surface area (Å²) in [6.45, 7) is 2.20. The lowest BCUT2D eigenvalue weighted by Gasteiger charge is -2.09. The summed E-state index contributed by atoms with van der Waals surface area (Å²) < 4.78 is 4.89. The molecule has 0 atom stereocenters. The van der Waals surface area contributed by atoms with Gasteiger partial charge in [-0.1, -0.05) is 12.2 Å². The molecule has 20 heavy (non-hydrogen) atoms. The molecule has 0 spiro atoms. The molecular formula is C14H19N3O2S. The summed E-state index contributed by atoms with van der Waals surface area (Å²) in [5, 5.41) is 2.60. The minimum Gasteiger partial charge on any atom is -0.466 e. The van der Waals surface area contributed by atoms with Crippen LogP contribution in [0.4, 0.5) is 5.13 Å². The van der Waals surface area contributed by atoms with Crippen molar-refractivity contribution in [2.24, 2.45) is 0 Å². The van der Waals surface area contributed by atoms with E-state index in [2.05, 4.69) is 28.0 Å². The third-order valence-corrected chi connectivity index (χ3v) is 3.62. The number of aromatic nitrogens is 1. The summed E-state index contributed by atoms with van der Waals surface area (Å²) in [5.41, 5.74) is 8.16. The number of nitrogens with one attached hydrogen (secondary N) is 2. The van der Waals surface area contributed by atoms with Gasteiger partial charge in [0.15, 0.2) is 0 Å². The van der Waals surface area contributed by atoms with Crippen LogP contribution in [0.15, 0.2) is 29.3 Å². The molecular weight excluding hydrogens is 274 g/mol. The fraction of sp³-hybridized carbons (Fsp3) is 0.429. The number of esters is 1. The quantitative estimate of drug-likeness (QED) is 0.480. The van der Waals surface area contributed by atoms with Crippen LogP contribution < -0.4 is 10.9 Å². The van der Waals surface area contributed by atoms with Gasteiger partial charge >= 0.3 is 5.97 Å². The Hall–Kier alpha value is -1.82. The second-order valence-corrected chi connectivity index (χ2v) is 5.27. The maximum absolute atomic E-state index is 11.3. The molecule has 1 aromatic rings. The number of anilines is 1. The molecule has 5 nitrogen and oxygen atoms in total.